The van der Waals surface area contributed by atoms with Crippen LogP contribution < -0.4 is 11.1 Å². The number of carbonyl (C=O) groups excluding carboxylic acids is 2. The molecule has 1 aliphatic rings. The standard InChI is InChI=1S/C21H25N5O4/c1-25(8-6-13-5-7-23-18(22)9-13)20(29)14-3-4-15-12-26(2)21(30)17(11-19(27)28)24-16(15)10-14/h3-5,7,9-10,17,24H,6,8,11-12H2,1-2H3,(H2,22,23)(H,27,28). The second-order valence-electron chi connectivity index (χ2n) is 7.43. The van der Waals surface area contributed by atoms with Gasteiger partial charge in [-0.05, 0) is 41.8 Å². The van der Waals surface area contributed by atoms with Crippen molar-refractivity contribution >= 4 is 29.3 Å². The number of pyridine rings is 1. The van der Waals surface area contributed by atoms with Crippen LogP contribution in [0, 0.1) is 0 Å². The molecule has 158 valence electrons. The molecule has 1 aromatic carbocycles. The van der Waals surface area contributed by atoms with Crippen LogP contribution in [-0.2, 0) is 22.6 Å². The number of aromatic nitrogens is 1. The van der Waals surface area contributed by atoms with Crippen LogP contribution in [0.5, 0.6) is 0 Å². The molecule has 1 aliphatic heterocycles. The van der Waals surface area contributed by atoms with Gasteiger partial charge in [0.05, 0.1) is 6.42 Å². The Balaban J connectivity index is 1.75. The van der Waals surface area contributed by atoms with Crippen LogP contribution in [0.25, 0.3) is 0 Å². The van der Waals surface area contributed by atoms with E-state index >= 15 is 0 Å². The highest BCUT2D eigenvalue weighted by molar-refractivity contribution is 5.96. The van der Waals surface area contributed by atoms with Crippen LogP contribution in [-0.4, -0.2) is 64.4 Å². The van der Waals surface area contributed by atoms with Crippen molar-refractivity contribution in [2.45, 2.75) is 25.4 Å². The zero-order chi connectivity index (χ0) is 21.8. The lowest BCUT2D eigenvalue weighted by molar-refractivity contribution is -0.141. The summed E-state index contributed by atoms with van der Waals surface area (Å²) in [5, 5.41) is 12.1. The van der Waals surface area contributed by atoms with Gasteiger partial charge in [-0.25, -0.2) is 4.98 Å². The first kappa shape index (κ1) is 21.1. The number of hydrogen-bond acceptors (Lipinski definition) is 6. The minimum Gasteiger partial charge on any atom is -0.481 e. The first-order valence-corrected chi connectivity index (χ1v) is 9.56. The average Bonchev–Trinajstić information content (AvgIpc) is 2.81. The maximum atomic E-state index is 12.9. The Kier molecular flexibility index (Phi) is 6.20. The monoisotopic (exact) mass is 411 g/mol. The highest BCUT2D eigenvalue weighted by Crippen LogP contribution is 2.25. The Bertz CT molecular complexity index is 978. The Hall–Kier alpha value is -3.62. The lowest BCUT2D eigenvalue weighted by Gasteiger charge is -2.19. The van der Waals surface area contributed by atoms with Gasteiger partial charge in [0.1, 0.15) is 11.9 Å². The number of nitrogens with one attached hydrogen (secondary N) is 1. The summed E-state index contributed by atoms with van der Waals surface area (Å²) >= 11 is 0. The molecule has 1 aromatic heterocycles. The van der Waals surface area contributed by atoms with E-state index in [-0.39, 0.29) is 18.2 Å². The third-order valence-electron chi connectivity index (χ3n) is 5.08. The summed E-state index contributed by atoms with van der Waals surface area (Å²) in [6.45, 7) is 0.834. The van der Waals surface area contributed by atoms with Crippen molar-refractivity contribution < 1.29 is 19.5 Å². The van der Waals surface area contributed by atoms with Gasteiger partial charge >= 0.3 is 5.97 Å². The zero-order valence-corrected chi connectivity index (χ0v) is 17.0. The number of fused-ring (bicyclic) bond motifs is 1. The average molecular weight is 411 g/mol. The van der Waals surface area contributed by atoms with E-state index in [9.17, 15) is 14.4 Å². The molecule has 1 unspecified atom stereocenters. The number of benzene rings is 1. The van der Waals surface area contributed by atoms with Crippen LogP contribution in [0.1, 0.15) is 27.9 Å². The van der Waals surface area contributed by atoms with E-state index < -0.39 is 12.0 Å². The number of hydrogen-bond donors (Lipinski definition) is 3. The fourth-order valence-electron chi connectivity index (χ4n) is 3.41. The molecular weight excluding hydrogens is 386 g/mol. The quantitative estimate of drug-likeness (QED) is 0.651. The highest BCUT2D eigenvalue weighted by Gasteiger charge is 2.29. The van der Waals surface area contributed by atoms with Gasteiger partial charge in [0.25, 0.3) is 5.91 Å². The van der Waals surface area contributed by atoms with Crippen molar-refractivity contribution in [1.82, 2.24) is 14.8 Å². The summed E-state index contributed by atoms with van der Waals surface area (Å²) < 4.78 is 0. The van der Waals surface area contributed by atoms with E-state index in [0.29, 0.717) is 36.6 Å². The Labute approximate surface area is 174 Å². The molecule has 1 atom stereocenters. The van der Waals surface area contributed by atoms with Gasteiger partial charge in [-0.3, -0.25) is 14.4 Å². The molecule has 2 heterocycles. The van der Waals surface area contributed by atoms with Gasteiger partial charge in [0.15, 0.2) is 0 Å². The number of anilines is 2. The molecule has 9 nitrogen and oxygen atoms in total. The molecule has 30 heavy (non-hydrogen) atoms. The third-order valence-corrected chi connectivity index (χ3v) is 5.08. The summed E-state index contributed by atoms with van der Waals surface area (Å²) in [5.74, 6) is -1.09. The van der Waals surface area contributed by atoms with Crippen molar-refractivity contribution in [3.63, 3.8) is 0 Å². The number of nitrogen functional groups attached to an aromatic ring is 1. The van der Waals surface area contributed by atoms with Crippen LogP contribution >= 0.6 is 0 Å². The van der Waals surface area contributed by atoms with E-state index in [0.717, 1.165) is 11.1 Å². The fourth-order valence-corrected chi connectivity index (χ4v) is 3.41. The number of nitrogens with two attached hydrogens (primary N) is 1. The van der Waals surface area contributed by atoms with Gasteiger partial charge in [-0.1, -0.05) is 6.07 Å². The van der Waals surface area contributed by atoms with Gasteiger partial charge in [-0.15, -0.1) is 0 Å². The smallest absolute Gasteiger partial charge is 0.305 e. The predicted octanol–water partition coefficient (Wildman–Crippen LogP) is 1.21. The zero-order valence-electron chi connectivity index (χ0n) is 17.0. The normalized spacial score (nSPS) is 15.7. The molecular formula is C21H25N5O4. The SMILES string of the molecule is CN(CCc1ccnc(N)c1)C(=O)c1ccc2c(c1)NC(CC(=O)O)C(=O)N(C)C2. The van der Waals surface area contributed by atoms with Crippen molar-refractivity contribution in [3.05, 3.63) is 53.2 Å². The van der Waals surface area contributed by atoms with E-state index in [4.69, 9.17) is 10.8 Å². The lowest BCUT2D eigenvalue weighted by atomic mass is 10.1. The van der Waals surface area contributed by atoms with E-state index in [2.05, 4.69) is 10.3 Å². The summed E-state index contributed by atoms with van der Waals surface area (Å²) in [6.07, 6.45) is 1.93. The molecule has 0 radical (unpaired) electrons. The molecule has 0 saturated carbocycles. The molecule has 0 saturated heterocycles. The molecule has 0 bridgehead atoms. The van der Waals surface area contributed by atoms with E-state index in [1.165, 1.54) is 4.90 Å². The number of rotatable bonds is 6. The third kappa shape index (κ3) is 4.86. The molecule has 0 spiro atoms. The fraction of sp³-hybridized carbons (Fsp3) is 0.333. The Morgan fingerprint density at radius 3 is 2.80 bits per heavy atom. The number of aliphatic carboxylic acids is 1. The van der Waals surface area contributed by atoms with Crippen LogP contribution in [0.2, 0.25) is 0 Å². The number of nitrogens with zero attached hydrogens (tertiary/aromatic N) is 3. The topological polar surface area (TPSA) is 129 Å². The van der Waals surface area contributed by atoms with Gasteiger partial charge < -0.3 is 26.0 Å². The number of carboxylic acid groups (broad SMARTS) is 1. The van der Waals surface area contributed by atoms with Crippen molar-refractivity contribution in [2.24, 2.45) is 0 Å². The Morgan fingerprint density at radius 2 is 2.10 bits per heavy atom. The van der Waals surface area contributed by atoms with Crippen molar-refractivity contribution in [3.8, 4) is 0 Å². The molecule has 0 aliphatic carbocycles. The van der Waals surface area contributed by atoms with Gasteiger partial charge in [0.2, 0.25) is 5.91 Å². The maximum Gasteiger partial charge on any atom is 0.305 e. The summed E-state index contributed by atoms with van der Waals surface area (Å²) in [4.78, 5) is 43.5. The van der Waals surface area contributed by atoms with Crippen LogP contribution in [0.15, 0.2) is 36.5 Å². The molecule has 0 fully saturated rings. The second-order valence-corrected chi connectivity index (χ2v) is 7.43. The van der Waals surface area contributed by atoms with Gasteiger partial charge in [0, 0.05) is 44.6 Å². The highest BCUT2D eigenvalue weighted by atomic mass is 16.4. The Morgan fingerprint density at radius 1 is 1.33 bits per heavy atom. The van der Waals surface area contributed by atoms with Gasteiger partial charge in [-0.2, -0.15) is 0 Å². The van der Waals surface area contributed by atoms with Crippen molar-refractivity contribution in [1.29, 1.82) is 0 Å². The number of amides is 2. The number of likely N-dealkylation sites (N-methyl/N-ethyl adjacent to an activating group) is 2. The summed E-state index contributed by atoms with van der Waals surface area (Å²) in [5.41, 5.74) is 8.56. The molecule has 9 heteroatoms. The van der Waals surface area contributed by atoms with E-state index in [1.54, 1.807) is 49.5 Å². The first-order valence-electron chi connectivity index (χ1n) is 9.56. The first-order chi connectivity index (χ1) is 14.2. The minimum absolute atomic E-state index is 0.166. The second kappa shape index (κ2) is 8.81. The van der Waals surface area contributed by atoms with Crippen LogP contribution in [0.4, 0.5) is 11.5 Å². The lowest BCUT2D eigenvalue weighted by Crippen LogP contribution is -2.39. The van der Waals surface area contributed by atoms with Crippen molar-refractivity contribution in [2.75, 3.05) is 31.7 Å². The number of carbonyl (C=O) groups is 3. The molecule has 3 rings (SSSR count). The molecule has 4 N–H and O–H groups in total. The van der Waals surface area contributed by atoms with Crippen LogP contribution in [0.3, 0.4) is 0 Å². The minimum atomic E-state index is -1.07. The predicted molar refractivity (Wildman–Crippen MR) is 112 cm³/mol. The molecule has 2 aromatic rings. The molecule has 2 amide bonds. The number of carboxylic acids is 1. The maximum absolute atomic E-state index is 12.9. The summed E-state index contributed by atoms with van der Waals surface area (Å²) in [7, 11) is 3.35. The van der Waals surface area contributed by atoms with E-state index in [1.807, 2.05) is 6.07 Å². The summed E-state index contributed by atoms with van der Waals surface area (Å²) in [6, 6.07) is 7.95. The largest absolute Gasteiger partial charge is 0.481 e.